The standard InChI is InChI=1S/C16H14O2/c1-12(18)16(13-7-3-2-4-8-13)15-10-6-5-9-14(15)11-17/h2-11,18H,1H3/b16-12-. The van der Waals surface area contributed by atoms with E-state index >= 15 is 0 Å². The Bertz CT molecular complexity index is 579. The van der Waals surface area contributed by atoms with Crippen molar-refractivity contribution in [3.63, 3.8) is 0 Å². The molecule has 0 bridgehead atoms. The van der Waals surface area contributed by atoms with Crippen LogP contribution in [0.1, 0.15) is 28.4 Å². The molecule has 2 nitrogen and oxygen atoms in total. The van der Waals surface area contributed by atoms with Gasteiger partial charge in [0, 0.05) is 11.1 Å². The first-order valence-electron chi connectivity index (χ1n) is 5.74. The molecule has 0 aliphatic heterocycles. The van der Waals surface area contributed by atoms with Gasteiger partial charge in [0.1, 0.15) is 0 Å². The summed E-state index contributed by atoms with van der Waals surface area (Å²) in [5, 5.41) is 9.90. The van der Waals surface area contributed by atoms with Gasteiger partial charge >= 0.3 is 0 Å². The molecule has 2 heteroatoms. The second-order valence-corrected chi connectivity index (χ2v) is 4.03. The molecule has 0 radical (unpaired) electrons. The van der Waals surface area contributed by atoms with Crippen LogP contribution in [0.25, 0.3) is 5.57 Å². The molecular weight excluding hydrogens is 224 g/mol. The molecule has 0 atom stereocenters. The second-order valence-electron chi connectivity index (χ2n) is 4.03. The number of aliphatic hydroxyl groups excluding tert-OH is 1. The Morgan fingerprint density at radius 3 is 2.22 bits per heavy atom. The Morgan fingerprint density at radius 2 is 1.61 bits per heavy atom. The Kier molecular flexibility index (Phi) is 3.58. The van der Waals surface area contributed by atoms with Gasteiger partial charge in [-0.25, -0.2) is 0 Å². The molecule has 2 aromatic rings. The Morgan fingerprint density at radius 1 is 1.00 bits per heavy atom. The zero-order valence-corrected chi connectivity index (χ0v) is 10.1. The first-order valence-corrected chi connectivity index (χ1v) is 5.74. The lowest BCUT2D eigenvalue weighted by molar-refractivity contribution is 0.112. The molecule has 0 aliphatic carbocycles. The molecule has 0 spiro atoms. The van der Waals surface area contributed by atoms with Crippen LogP contribution in [-0.4, -0.2) is 11.4 Å². The molecule has 2 rings (SSSR count). The lowest BCUT2D eigenvalue weighted by Gasteiger charge is -2.11. The van der Waals surface area contributed by atoms with Crippen molar-refractivity contribution in [2.45, 2.75) is 6.92 Å². The number of hydrogen-bond acceptors (Lipinski definition) is 2. The summed E-state index contributed by atoms with van der Waals surface area (Å²) in [7, 11) is 0. The van der Waals surface area contributed by atoms with Gasteiger partial charge in [-0.05, 0) is 18.1 Å². The predicted octanol–water partition coefficient (Wildman–Crippen LogP) is 3.84. The van der Waals surface area contributed by atoms with Crippen LogP contribution in [0.3, 0.4) is 0 Å². The minimum atomic E-state index is 0.204. The maximum atomic E-state index is 11.1. The van der Waals surface area contributed by atoms with Gasteiger partial charge < -0.3 is 5.11 Å². The second kappa shape index (κ2) is 5.32. The molecule has 0 heterocycles. The minimum absolute atomic E-state index is 0.204. The van der Waals surface area contributed by atoms with Crippen molar-refractivity contribution in [3.8, 4) is 0 Å². The van der Waals surface area contributed by atoms with Gasteiger partial charge in [0.25, 0.3) is 0 Å². The number of rotatable bonds is 3. The third-order valence-corrected chi connectivity index (χ3v) is 2.78. The smallest absolute Gasteiger partial charge is 0.150 e. The van der Waals surface area contributed by atoms with Crippen molar-refractivity contribution in [1.82, 2.24) is 0 Å². The van der Waals surface area contributed by atoms with Crippen molar-refractivity contribution in [3.05, 3.63) is 77.0 Å². The van der Waals surface area contributed by atoms with Crippen LogP contribution in [0.2, 0.25) is 0 Å². The molecule has 0 saturated heterocycles. The number of carbonyl (C=O) groups excluding carboxylic acids is 1. The average molecular weight is 238 g/mol. The Balaban J connectivity index is 2.65. The van der Waals surface area contributed by atoms with Gasteiger partial charge in [-0.3, -0.25) is 4.79 Å². The fourth-order valence-corrected chi connectivity index (χ4v) is 1.99. The van der Waals surface area contributed by atoms with E-state index < -0.39 is 0 Å². The van der Waals surface area contributed by atoms with E-state index in [1.807, 2.05) is 48.5 Å². The summed E-state index contributed by atoms with van der Waals surface area (Å²) >= 11 is 0. The van der Waals surface area contributed by atoms with Crippen LogP contribution in [0.4, 0.5) is 0 Å². The highest BCUT2D eigenvalue weighted by atomic mass is 16.3. The molecule has 0 aliphatic rings. The first-order chi connectivity index (χ1) is 8.74. The van der Waals surface area contributed by atoms with Crippen molar-refractivity contribution < 1.29 is 9.90 Å². The fourth-order valence-electron chi connectivity index (χ4n) is 1.99. The van der Waals surface area contributed by atoms with E-state index in [2.05, 4.69) is 0 Å². The lowest BCUT2D eigenvalue weighted by Crippen LogP contribution is -1.96. The van der Waals surface area contributed by atoms with Gasteiger partial charge in [0.05, 0.1) is 5.76 Å². The van der Waals surface area contributed by atoms with Crippen LogP contribution in [0.15, 0.2) is 60.4 Å². The maximum absolute atomic E-state index is 11.1. The zero-order chi connectivity index (χ0) is 13.0. The van der Waals surface area contributed by atoms with Crippen LogP contribution in [0, 0.1) is 0 Å². The van der Waals surface area contributed by atoms with Gasteiger partial charge in [-0.2, -0.15) is 0 Å². The zero-order valence-electron chi connectivity index (χ0n) is 10.1. The predicted molar refractivity (Wildman–Crippen MR) is 72.6 cm³/mol. The van der Waals surface area contributed by atoms with Gasteiger partial charge in [0.2, 0.25) is 0 Å². The highest BCUT2D eigenvalue weighted by Crippen LogP contribution is 2.27. The molecule has 0 aromatic heterocycles. The number of aldehydes is 1. The molecular formula is C16H14O2. The van der Waals surface area contributed by atoms with E-state index in [9.17, 15) is 9.90 Å². The minimum Gasteiger partial charge on any atom is -0.512 e. The van der Waals surface area contributed by atoms with Crippen LogP contribution in [0.5, 0.6) is 0 Å². The molecule has 0 amide bonds. The molecule has 0 unspecified atom stereocenters. The summed E-state index contributed by atoms with van der Waals surface area (Å²) in [6.45, 7) is 1.63. The van der Waals surface area contributed by atoms with E-state index in [1.165, 1.54) is 0 Å². The summed E-state index contributed by atoms with van der Waals surface area (Å²) in [6.07, 6.45) is 0.807. The third-order valence-electron chi connectivity index (χ3n) is 2.78. The van der Waals surface area contributed by atoms with Crippen molar-refractivity contribution in [2.24, 2.45) is 0 Å². The summed E-state index contributed by atoms with van der Waals surface area (Å²) in [4.78, 5) is 11.1. The third kappa shape index (κ3) is 2.33. The summed E-state index contributed by atoms with van der Waals surface area (Å²) < 4.78 is 0. The van der Waals surface area contributed by atoms with E-state index in [0.29, 0.717) is 11.1 Å². The maximum Gasteiger partial charge on any atom is 0.150 e. The van der Waals surface area contributed by atoms with Gasteiger partial charge in [0.15, 0.2) is 6.29 Å². The molecule has 90 valence electrons. The number of benzene rings is 2. The molecule has 0 saturated carbocycles. The van der Waals surface area contributed by atoms with E-state index in [-0.39, 0.29) is 5.76 Å². The quantitative estimate of drug-likeness (QED) is 0.651. The summed E-state index contributed by atoms with van der Waals surface area (Å²) in [5.41, 5.74) is 2.91. The summed E-state index contributed by atoms with van der Waals surface area (Å²) in [6, 6.07) is 16.8. The molecule has 1 N–H and O–H groups in total. The average Bonchev–Trinajstić information content (AvgIpc) is 2.40. The monoisotopic (exact) mass is 238 g/mol. The SMILES string of the molecule is C/C(O)=C(\c1ccccc1)c1ccccc1C=O. The van der Waals surface area contributed by atoms with Gasteiger partial charge in [-0.15, -0.1) is 0 Å². The topological polar surface area (TPSA) is 37.3 Å². The van der Waals surface area contributed by atoms with Crippen LogP contribution < -0.4 is 0 Å². The Labute approximate surface area is 106 Å². The highest BCUT2D eigenvalue weighted by molar-refractivity contribution is 5.91. The Hall–Kier alpha value is -2.35. The van der Waals surface area contributed by atoms with Crippen LogP contribution in [-0.2, 0) is 0 Å². The number of aliphatic hydroxyl groups is 1. The first kappa shape index (κ1) is 12.1. The van der Waals surface area contributed by atoms with E-state index in [0.717, 1.165) is 17.4 Å². The van der Waals surface area contributed by atoms with E-state index in [1.54, 1.807) is 13.0 Å². The molecule has 2 aromatic carbocycles. The largest absolute Gasteiger partial charge is 0.512 e. The van der Waals surface area contributed by atoms with E-state index in [4.69, 9.17) is 0 Å². The number of carbonyl (C=O) groups is 1. The number of hydrogen-bond donors (Lipinski definition) is 1. The van der Waals surface area contributed by atoms with Crippen molar-refractivity contribution in [2.75, 3.05) is 0 Å². The molecule has 0 fully saturated rings. The fraction of sp³-hybridized carbons (Fsp3) is 0.0625. The number of allylic oxidation sites excluding steroid dienone is 1. The van der Waals surface area contributed by atoms with Crippen LogP contribution >= 0.6 is 0 Å². The highest BCUT2D eigenvalue weighted by Gasteiger charge is 2.11. The summed E-state index contributed by atoms with van der Waals surface area (Å²) in [5.74, 6) is 0.204. The molecule has 18 heavy (non-hydrogen) atoms. The van der Waals surface area contributed by atoms with Gasteiger partial charge in [-0.1, -0.05) is 54.6 Å². The normalized spacial score (nSPS) is 11.8. The van der Waals surface area contributed by atoms with Crippen molar-refractivity contribution in [1.29, 1.82) is 0 Å². The lowest BCUT2D eigenvalue weighted by atomic mass is 9.93. The van der Waals surface area contributed by atoms with Crippen molar-refractivity contribution >= 4 is 11.9 Å².